The predicted molar refractivity (Wildman–Crippen MR) is 53.0 cm³/mol. The molecule has 0 atom stereocenters. The van der Waals surface area contributed by atoms with Crippen LogP contribution >= 0.6 is 0 Å². The van der Waals surface area contributed by atoms with Crippen LogP contribution in [-0.4, -0.2) is 4.98 Å². The number of nitrogens with zero attached hydrogens (tertiary/aromatic N) is 1. The van der Waals surface area contributed by atoms with Gasteiger partial charge in [0.2, 0.25) is 0 Å². The molecular formula is C11H5F6NO2. The summed E-state index contributed by atoms with van der Waals surface area (Å²) < 4.78 is 84.6. The molecule has 2 rings (SSSR count). The molecule has 1 aromatic carbocycles. The van der Waals surface area contributed by atoms with Crippen molar-refractivity contribution in [2.75, 3.05) is 0 Å². The van der Waals surface area contributed by atoms with Gasteiger partial charge in [0, 0.05) is 0 Å². The van der Waals surface area contributed by atoms with Crippen molar-refractivity contribution >= 4 is 0 Å². The van der Waals surface area contributed by atoms with Crippen LogP contribution in [0.1, 0.15) is 11.1 Å². The highest BCUT2D eigenvalue weighted by Crippen LogP contribution is 2.38. The van der Waals surface area contributed by atoms with Crippen LogP contribution in [0.25, 0.3) is 0 Å². The first-order valence-corrected chi connectivity index (χ1v) is 5.02. The Labute approximate surface area is 107 Å². The van der Waals surface area contributed by atoms with Crippen molar-refractivity contribution in [1.82, 2.24) is 4.98 Å². The molecule has 9 heteroatoms. The molecule has 0 N–H and O–H groups in total. The molecule has 0 bridgehead atoms. The van der Waals surface area contributed by atoms with Gasteiger partial charge in [0.15, 0.2) is 12.7 Å². The van der Waals surface area contributed by atoms with Gasteiger partial charge in [-0.1, -0.05) is 0 Å². The maximum atomic E-state index is 12.6. The van der Waals surface area contributed by atoms with E-state index in [-0.39, 0.29) is 11.9 Å². The summed E-state index contributed by atoms with van der Waals surface area (Å²) >= 11 is 0. The van der Waals surface area contributed by atoms with Crippen molar-refractivity contribution < 1.29 is 35.5 Å². The van der Waals surface area contributed by atoms with Gasteiger partial charge in [-0.15, -0.1) is 0 Å². The van der Waals surface area contributed by atoms with Crippen LogP contribution in [0.5, 0.6) is 11.6 Å². The van der Waals surface area contributed by atoms with E-state index in [9.17, 15) is 26.3 Å². The molecular weight excluding hydrogens is 292 g/mol. The Bertz CT molecular complexity index is 556. The third kappa shape index (κ3) is 3.22. The van der Waals surface area contributed by atoms with Crippen LogP contribution in [0.3, 0.4) is 0 Å². The quantitative estimate of drug-likeness (QED) is 0.765. The second-order valence-corrected chi connectivity index (χ2v) is 3.67. The predicted octanol–water partition coefficient (Wildman–Crippen LogP) is 4.50. The standard InChI is InChI=1S/C11H5F6NO2/c12-10(13,14)6-1-7(11(15,16)17)3-8(2-6)20-9-4-19-5-18-9/h1-5H. The van der Waals surface area contributed by atoms with Crippen LogP contribution in [-0.2, 0) is 12.4 Å². The van der Waals surface area contributed by atoms with Gasteiger partial charge in [-0.3, -0.25) is 0 Å². The zero-order valence-electron chi connectivity index (χ0n) is 9.42. The topological polar surface area (TPSA) is 35.3 Å². The van der Waals surface area contributed by atoms with Crippen LogP contribution in [0, 0.1) is 0 Å². The van der Waals surface area contributed by atoms with Gasteiger partial charge in [-0.2, -0.15) is 31.3 Å². The van der Waals surface area contributed by atoms with E-state index in [1.165, 1.54) is 0 Å². The molecule has 0 spiro atoms. The molecule has 0 unspecified atom stereocenters. The number of alkyl halides is 6. The van der Waals surface area contributed by atoms with E-state index < -0.39 is 29.2 Å². The molecule has 2 aromatic rings. The minimum Gasteiger partial charge on any atom is -0.448 e. The molecule has 0 aliphatic rings. The summed E-state index contributed by atoms with van der Waals surface area (Å²) in [6.07, 6.45) is -7.99. The van der Waals surface area contributed by atoms with Gasteiger partial charge in [-0.05, 0) is 18.2 Å². The molecule has 20 heavy (non-hydrogen) atoms. The fourth-order valence-electron chi connectivity index (χ4n) is 1.36. The van der Waals surface area contributed by atoms with Gasteiger partial charge in [0.05, 0.1) is 11.1 Å². The van der Waals surface area contributed by atoms with Crippen molar-refractivity contribution in [3.63, 3.8) is 0 Å². The SMILES string of the molecule is FC(F)(F)c1cc(Oc2cocn2)cc(C(F)(F)F)c1. The van der Waals surface area contributed by atoms with Crippen LogP contribution in [0.2, 0.25) is 0 Å². The normalized spacial score (nSPS) is 12.5. The lowest BCUT2D eigenvalue weighted by Crippen LogP contribution is -2.11. The number of oxazole rings is 1. The van der Waals surface area contributed by atoms with Gasteiger partial charge in [-0.25, -0.2) is 0 Å². The average molecular weight is 297 g/mol. The fraction of sp³-hybridized carbons (Fsp3) is 0.182. The van der Waals surface area contributed by atoms with Gasteiger partial charge < -0.3 is 9.15 Å². The van der Waals surface area contributed by atoms with Crippen molar-refractivity contribution in [1.29, 1.82) is 0 Å². The van der Waals surface area contributed by atoms with Crippen molar-refractivity contribution in [3.8, 4) is 11.6 Å². The molecule has 0 aliphatic carbocycles. The van der Waals surface area contributed by atoms with Gasteiger partial charge in [0.1, 0.15) is 5.75 Å². The summed E-state index contributed by atoms with van der Waals surface area (Å²) in [5.74, 6) is -0.890. The summed E-state index contributed by atoms with van der Waals surface area (Å²) in [6.45, 7) is 0. The Kier molecular flexibility index (Phi) is 3.36. The number of benzene rings is 1. The summed E-state index contributed by atoms with van der Waals surface area (Å²) in [4.78, 5) is 3.44. The monoisotopic (exact) mass is 297 g/mol. The highest BCUT2D eigenvalue weighted by molar-refractivity contribution is 5.38. The molecule has 108 valence electrons. The lowest BCUT2D eigenvalue weighted by Gasteiger charge is -2.13. The van der Waals surface area contributed by atoms with Crippen LogP contribution in [0.15, 0.2) is 35.3 Å². The number of hydrogen-bond acceptors (Lipinski definition) is 3. The number of rotatable bonds is 2. The maximum Gasteiger partial charge on any atom is 0.416 e. The minimum absolute atomic E-state index is 0.00958. The minimum atomic E-state index is -4.93. The molecule has 1 heterocycles. The van der Waals surface area contributed by atoms with Crippen LogP contribution in [0.4, 0.5) is 26.3 Å². The number of hydrogen-bond donors (Lipinski definition) is 0. The summed E-state index contributed by atoms with van der Waals surface area (Å²) in [7, 11) is 0. The Morgan fingerprint density at radius 1 is 0.900 bits per heavy atom. The lowest BCUT2D eigenvalue weighted by molar-refractivity contribution is -0.143. The van der Waals surface area contributed by atoms with E-state index in [1.807, 2.05) is 0 Å². The van der Waals surface area contributed by atoms with E-state index >= 15 is 0 Å². The first kappa shape index (κ1) is 14.2. The smallest absolute Gasteiger partial charge is 0.416 e. The molecule has 0 saturated heterocycles. The second-order valence-electron chi connectivity index (χ2n) is 3.67. The zero-order valence-corrected chi connectivity index (χ0v) is 9.42. The Hall–Kier alpha value is -2.19. The molecule has 0 amide bonds. The van der Waals surface area contributed by atoms with E-state index in [2.05, 4.69) is 9.40 Å². The Morgan fingerprint density at radius 2 is 1.45 bits per heavy atom. The van der Waals surface area contributed by atoms with Gasteiger partial charge >= 0.3 is 12.4 Å². The largest absolute Gasteiger partial charge is 0.448 e. The van der Waals surface area contributed by atoms with Crippen molar-refractivity contribution in [2.24, 2.45) is 0 Å². The summed E-state index contributed by atoms with van der Waals surface area (Å²) in [5.41, 5.74) is -2.93. The molecule has 0 radical (unpaired) electrons. The van der Waals surface area contributed by atoms with Crippen LogP contribution < -0.4 is 4.74 Å². The third-order valence-corrected chi connectivity index (χ3v) is 2.19. The summed E-state index contributed by atoms with van der Waals surface area (Å²) in [5, 5.41) is 0. The highest BCUT2D eigenvalue weighted by atomic mass is 19.4. The zero-order chi connectivity index (χ0) is 15.0. The molecule has 1 aromatic heterocycles. The molecule has 0 aliphatic heterocycles. The van der Waals surface area contributed by atoms with Crippen molar-refractivity contribution in [2.45, 2.75) is 12.4 Å². The molecule has 0 saturated carbocycles. The number of halogens is 6. The average Bonchev–Trinajstić information content (AvgIpc) is 2.79. The van der Waals surface area contributed by atoms with Crippen molar-refractivity contribution in [3.05, 3.63) is 42.0 Å². The summed E-state index contributed by atoms with van der Waals surface area (Å²) in [6, 6.07) is 0.906. The highest BCUT2D eigenvalue weighted by Gasteiger charge is 2.37. The molecule has 0 fully saturated rings. The number of aromatic nitrogens is 1. The second kappa shape index (κ2) is 4.73. The Balaban J connectivity index is 2.46. The van der Waals surface area contributed by atoms with E-state index in [0.29, 0.717) is 12.1 Å². The number of ether oxygens (including phenoxy) is 1. The first-order valence-electron chi connectivity index (χ1n) is 5.02. The molecule has 3 nitrogen and oxygen atoms in total. The first-order chi connectivity index (χ1) is 9.16. The van der Waals surface area contributed by atoms with Gasteiger partial charge in [0.25, 0.3) is 5.88 Å². The fourth-order valence-corrected chi connectivity index (χ4v) is 1.36. The van der Waals surface area contributed by atoms with E-state index in [0.717, 1.165) is 12.7 Å². The maximum absolute atomic E-state index is 12.6. The van der Waals surface area contributed by atoms with E-state index in [1.54, 1.807) is 0 Å². The Morgan fingerprint density at radius 3 is 1.85 bits per heavy atom. The lowest BCUT2D eigenvalue weighted by atomic mass is 10.1. The van der Waals surface area contributed by atoms with E-state index in [4.69, 9.17) is 4.74 Å². The third-order valence-electron chi connectivity index (χ3n) is 2.19.